The lowest BCUT2D eigenvalue weighted by Gasteiger charge is -2.37. The molecule has 6 aromatic rings. The van der Waals surface area contributed by atoms with Gasteiger partial charge in [0.15, 0.2) is 14.1 Å². The van der Waals surface area contributed by atoms with E-state index < -0.39 is 8.24 Å². The first-order valence-corrected chi connectivity index (χ1v) is 29.2. The lowest BCUT2D eigenvalue weighted by atomic mass is 10.2. The Morgan fingerprint density at radius 1 is 0.716 bits per heavy atom. The predicted molar refractivity (Wildman–Crippen MR) is 327 cm³/mol. The molecule has 0 bridgehead atoms. The van der Waals surface area contributed by atoms with E-state index in [1.54, 1.807) is 38.5 Å². The van der Waals surface area contributed by atoms with Crippen LogP contribution in [0.4, 0.5) is 23.7 Å². The number of nitrogens with one attached hydrogen (secondary N) is 4. The zero-order valence-electron chi connectivity index (χ0n) is 40.6. The summed E-state index contributed by atoms with van der Waals surface area (Å²) in [5.74, 6) is 2.44. The molecule has 0 amide bonds. The molecule has 0 fully saturated rings. The molecule has 0 saturated heterocycles. The molecule has 0 aliphatic carbocycles. The minimum absolute atomic E-state index is 0. The highest BCUT2D eigenvalue weighted by molar-refractivity contribution is 14.2. The number of nitrogens with zero attached hydrogens (tertiary/aromatic N) is 10. The molecular formula is C43H67Cl3I4N14O2Si. The number of aromatic nitrogens is 9. The van der Waals surface area contributed by atoms with Crippen molar-refractivity contribution in [2.45, 2.75) is 47.3 Å². The molecule has 0 spiro atoms. The first-order chi connectivity index (χ1) is 30.9. The Bertz CT molecular complexity index is 2420. The zero-order valence-corrected chi connectivity index (χ0v) is 52.6. The Balaban J connectivity index is 0.000000851. The Morgan fingerprint density at radius 2 is 1.07 bits per heavy atom. The molecule has 0 aromatic carbocycles. The second-order valence-corrected chi connectivity index (χ2v) is 29.8. The van der Waals surface area contributed by atoms with Crippen molar-refractivity contribution in [3.8, 4) is 0 Å². The van der Waals surface area contributed by atoms with Crippen LogP contribution in [0.3, 0.4) is 0 Å². The van der Waals surface area contributed by atoms with Gasteiger partial charge in [-0.2, -0.15) is 19.9 Å². The van der Waals surface area contributed by atoms with Crippen molar-refractivity contribution in [2.75, 3.05) is 70.9 Å². The lowest BCUT2D eigenvalue weighted by Crippen LogP contribution is -2.46. The first-order valence-electron chi connectivity index (χ1n) is 20.3. The van der Waals surface area contributed by atoms with Crippen molar-refractivity contribution in [1.29, 1.82) is 0 Å². The van der Waals surface area contributed by atoms with Gasteiger partial charge in [-0.15, -0.1) is 32.1 Å². The van der Waals surface area contributed by atoms with Crippen molar-refractivity contribution in [2.24, 2.45) is 21.1 Å². The van der Waals surface area contributed by atoms with Gasteiger partial charge in [-0.3, -0.25) is 4.84 Å². The van der Waals surface area contributed by atoms with Gasteiger partial charge in [0.25, 0.3) is 0 Å². The highest BCUT2D eigenvalue weighted by Crippen LogP contribution is 2.36. The fourth-order valence-corrected chi connectivity index (χ4v) is 6.16. The highest BCUT2D eigenvalue weighted by atomic mass is 127. The van der Waals surface area contributed by atoms with Gasteiger partial charge in [0.05, 0.1) is 31.8 Å². The van der Waals surface area contributed by atoms with Gasteiger partial charge in [0.2, 0.25) is 17.8 Å². The van der Waals surface area contributed by atoms with Crippen molar-refractivity contribution < 1.29 is 9.68 Å². The van der Waals surface area contributed by atoms with Gasteiger partial charge in [0.1, 0.15) is 27.2 Å². The average Bonchev–Trinajstić information content (AvgIpc) is 3.97. The van der Waals surface area contributed by atoms with Crippen LogP contribution >= 0.6 is 126 Å². The number of fused-ring (bicyclic) bond motifs is 3. The largest absolute Gasteiger partial charge is 0.380 e. The van der Waals surface area contributed by atoms with E-state index in [9.17, 15) is 0 Å². The van der Waals surface area contributed by atoms with E-state index >= 15 is 0 Å². The van der Waals surface area contributed by atoms with E-state index in [1.807, 2.05) is 84.8 Å². The first kappa shape index (κ1) is 65.2. The van der Waals surface area contributed by atoms with Gasteiger partial charge >= 0.3 is 0 Å². The Kier molecular flexibility index (Phi) is 31.3. The Morgan fingerprint density at radius 3 is 1.42 bits per heavy atom. The number of allylic oxidation sites excluding steroid dienone is 1. The maximum atomic E-state index is 6.23. The minimum atomic E-state index is -1.70. The van der Waals surface area contributed by atoms with Crippen molar-refractivity contribution in [3.05, 3.63) is 85.1 Å². The third-order valence-corrected chi connectivity index (χ3v) is 20.3. The Hall–Kier alpha value is -1.83. The van der Waals surface area contributed by atoms with Gasteiger partial charge in [-0.1, -0.05) is 166 Å². The SMILES string of the molecule is C=CCI.C=CCNc1nc(Cl)c2ccn(C)c2n1.C=CCNc1nc(N(C)OC)c2ccn(C)c2n1.CC(I)(I)CI.CNOC.Cl.Cn1ccc2c(Cl)nc(N[Si](C)(C)C(C)(C)C)nc21. The molecule has 16 nitrogen and oxygen atoms in total. The van der Waals surface area contributed by atoms with E-state index in [-0.39, 0.29) is 17.4 Å². The zero-order chi connectivity index (χ0) is 50.4. The normalized spacial score (nSPS) is 10.8. The highest BCUT2D eigenvalue weighted by Gasteiger charge is 2.36. The summed E-state index contributed by atoms with van der Waals surface area (Å²) in [5.41, 5.74) is 4.97. The van der Waals surface area contributed by atoms with Crippen LogP contribution in [0.25, 0.3) is 33.1 Å². The molecular weight excluding hydrogens is 1390 g/mol. The summed E-state index contributed by atoms with van der Waals surface area (Å²) in [4.78, 5) is 39.4. The standard InChI is InChI=1S/C13H21ClN4Si.C12H17N5O.C10H11ClN4.C3H5I3.C3H5I.C2H7NO.ClH/c1-13(2,3)19(5,6)17-12-15-10(14)9-7-8-18(4)11(9)16-12;1-5-7-13-12-14-10-9(6-8-16(10)2)11(15-12)17(3)18-4;1-3-5-12-10-13-8(11)7-4-6-15(2)9(7)14-10;1-3(5,6)2-4;1-2-3-4;1-3-4-2;/h7-8H,1-6H3,(H,15,16,17);5-6,8H,1,7H2,2-4H3,(H,13,14,15);3-4,6H,1,5H2,2H3,(H,12,13,14);2H2,1H3;2H,1,3H2;3H,1-2H3;1H. The molecule has 67 heavy (non-hydrogen) atoms. The van der Waals surface area contributed by atoms with Crippen molar-refractivity contribution in [3.63, 3.8) is 0 Å². The maximum absolute atomic E-state index is 6.23. The third-order valence-electron chi connectivity index (χ3n) is 9.29. The molecule has 0 atom stereocenters. The number of aryl methyl sites for hydroxylation is 3. The molecule has 0 aliphatic heterocycles. The van der Waals surface area contributed by atoms with E-state index in [4.69, 9.17) is 28.0 Å². The number of halogens is 7. The molecule has 6 heterocycles. The number of hydrogen-bond acceptors (Lipinski definition) is 13. The molecule has 6 aromatic heterocycles. The summed E-state index contributed by atoms with van der Waals surface area (Å²) in [6.45, 7) is 25.5. The summed E-state index contributed by atoms with van der Waals surface area (Å²) in [6, 6.07) is 5.81. The van der Waals surface area contributed by atoms with Crippen LogP contribution in [-0.2, 0) is 30.8 Å². The van der Waals surface area contributed by atoms with Crippen LogP contribution in [0.15, 0.2) is 74.8 Å². The molecule has 4 N–H and O–H groups in total. The molecule has 24 heteroatoms. The van der Waals surface area contributed by atoms with Gasteiger partial charge in [0, 0.05) is 75.8 Å². The minimum Gasteiger partial charge on any atom is -0.380 e. The predicted octanol–water partition coefficient (Wildman–Crippen LogP) is 12.6. The molecule has 374 valence electrons. The molecule has 0 saturated carbocycles. The third kappa shape index (κ3) is 22.0. The summed E-state index contributed by atoms with van der Waals surface area (Å²) in [5, 5.41) is 11.6. The second kappa shape index (κ2) is 32.2. The fourth-order valence-electron chi connectivity index (χ4n) is 4.66. The summed E-state index contributed by atoms with van der Waals surface area (Å²) < 4.78 is 8.55. The van der Waals surface area contributed by atoms with Crippen LogP contribution in [-0.4, -0.2) is 104 Å². The number of rotatable bonds is 13. The molecule has 6 rings (SSSR count). The quantitative estimate of drug-likeness (QED) is 0.0216. The van der Waals surface area contributed by atoms with E-state index in [1.165, 1.54) is 4.43 Å². The summed E-state index contributed by atoms with van der Waals surface area (Å²) >= 11 is 21.7. The van der Waals surface area contributed by atoms with Gasteiger partial charge in [-0.25, -0.2) is 20.5 Å². The smallest absolute Gasteiger partial charge is 0.227 e. The monoisotopic (exact) mass is 1450 g/mol. The summed E-state index contributed by atoms with van der Waals surface area (Å²) in [6.07, 6.45) is 11.2. The second-order valence-electron chi connectivity index (χ2n) is 15.6. The van der Waals surface area contributed by atoms with E-state index in [0.717, 1.165) is 43.3 Å². The topological polar surface area (TPSA) is 162 Å². The molecule has 0 unspecified atom stereocenters. The van der Waals surface area contributed by atoms with Crippen LogP contribution in [0.5, 0.6) is 0 Å². The number of hydroxylamine groups is 2. The van der Waals surface area contributed by atoms with Crippen LogP contribution < -0.4 is 26.2 Å². The Labute approximate surface area is 469 Å². The van der Waals surface area contributed by atoms with Crippen LogP contribution in [0.1, 0.15) is 27.7 Å². The average molecular weight is 1450 g/mol. The van der Waals surface area contributed by atoms with Gasteiger partial charge < -0.3 is 34.2 Å². The summed E-state index contributed by atoms with van der Waals surface area (Å²) in [7, 11) is 10.8. The molecule has 0 aliphatic rings. The lowest BCUT2D eigenvalue weighted by molar-refractivity contribution is 0.112. The number of anilines is 4. The number of alkyl halides is 4. The fraction of sp³-hybridized carbons (Fsp3) is 0.442. The van der Waals surface area contributed by atoms with E-state index in [2.05, 4.69) is 207 Å². The van der Waals surface area contributed by atoms with Crippen molar-refractivity contribution >= 4 is 191 Å². The van der Waals surface area contributed by atoms with E-state index in [0.29, 0.717) is 42.7 Å². The maximum Gasteiger partial charge on any atom is 0.227 e. The van der Waals surface area contributed by atoms with Crippen molar-refractivity contribution in [1.82, 2.24) is 49.1 Å². The van der Waals surface area contributed by atoms with Gasteiger partial charge in [-0.05, 0) is 30.2 Å². The van der Waals surface area contributed by atoms with Crippen LogP contribution in [0.2, 0.25) is 28.4 Å². The number of hydrogen-bond donors (Lipinski definition) is 4. The van der Waals surface area contributed by atoms with Crippen LogP contribution in [0, 0.1) is 0 Å². The molecule has 0 radical (unpaired) electrons.